The maximum Gasteiger partial charge on any atom is 0.310 e. The van der Waals surface area contributed by atoms with Gasteiger partial charge in [0.05, 0.1) is 11.3 Å². The van der Waals surface area contributed by atoms with Crippen LogP contribution in [0.4, 0.5) is 5.82 Å². The third kappa shape index (κ3) is 2.87. The molecule has 1 fully saturated rings. The zero-order chi connectivity index (χ0) is 16.8. The summed E-state index contributed by atoms with van der Waals surface area (Å²) in [5.74, 6) is 0.231. The van der Waals surface area contributed by atoms with Crippen LogP contribution in [0.1, 0.15) is 49.5 Å². The van der Waals surface area contributed by atoms with E-state index in [1.165, 1.54) is 6.92 Å². The van der Waals surface area contributed by atoms with Gasteiger partial charge in [0.1, 0.15) is 5.82 Å². The summed E-state index contributed by atoms with van der Waals surface area (Å²) in [6.45, 7) is 6.78. The van der Waals surface area contributed by atoms with Crippen molar-refractivity contribution in [3.63, 3.8) is 0 Å². The van der Waals surface area contributed by atoms with Crippen LogP contribution in [-0.4, -0.2) is 37.1 Å². The maximum absolute atomic E-state index is 12.0. The van der Waals surface area contributed by atoms with Crippen molar-refractivity contribution in [2.45, 2.75) is 45.7 Å². The number of anilines is 1. The van der Waals surface area contributed by atoms with Crippen molar-refractivity contribution < 1.29 is 17.4 Å². The van der Waals surface area contributed by atoms with Crippen LogP contribution >= 0.6 is 0 Å². The molecule has 23 heavy (non-hydrogen) atoms. The molecule has 0 aromatic carbocycles. The van der Waals surface area contributed by atoms with E-state index in [1.54, 1.807) is 6.07 Å². The number of aromatic nitrogens is 1. The van der Waals surface area contributed by atoms with Gasteiger partial charge in [0.2, 0.25) is 5.88 Å². The fourth-order valence-corrected chi connectivity index (χ4v) is 3.59. The van der Waals surface area contributed by atoms with Crippen molar-refractivity contribution in [2.24, 2.45) is 0 Å². The fraction of sp³-hybridized carbons (Fsp3) is 0.600. The number of fused-ring (bicyclic) bond motifs is 1. The van der Waals surface area contributed by atoms with E-state index in [2.05, 4.69) is 29.0 Å². The van der Waals surface area contributed by atoms with E-state index in [0.717, 1.165) is 19.4 Å². The molecule has 3 heterocycles. The van der Waals surface area contributed by atoms with Gasteiger partial charge in [0.25, 0.3) is 5.91 Å². The highest BCUT2D eigenvalue weighted by Crippen LogP contribution is 2.36. The van der Waals surface area contributed by atoms with Gasteiger partial charge < -0.3 is 14.4 Å². The second-order valence-electron chi connectivity index (χ2n) is 6.49. The first-order valence-electron chi connectivity index (χ1n) is 7.75. The normalized spacial score (nSPS) is 19.6. The smallest absolute Gasteiger partial charge is 0.310 e. The van der Waals surface area contributed by atoms with E-state index in [4.69, 9.17) is 4.18 Å². The summed E-state index contributed by atoms with van der Waals surface area (Å²) in [5.41, 5.74) is 0.865. The van der Waals surface area contributed by atoms with Gasteiger partial charge in [0, 0.05) is 24.2 Å². The Morgan fingerprint density at radius 2 is 2.17 bits per heavy atom. The molecule has 0 saturated carbocycles. The van der Waals surface area contributed by atoms with E-state index in [9.17, 15) is 13.2 Å². The number of hydrogen-bond acceptors (Lipinski definition) is 6. The zero-order valence-electron chi connectivity index (χ0n) is 13.5. The van der Waals surface area contributed by atoms with E-state index in [1.807, 2.05) is 0 Å². The van der Waals surface area contributed by atoms with Crippen LogP contribution in [0.3, 0.4) is 0 Å². The van der Waals surface area contributed by atoms with Crippen LogP contribution in [0.15, 0.2) is 6.07 Å². The molecule has 1 aromatic heterocycles. The highest BCUT2D eigenvalue weighted by atomic mass is 32.2. The molecule has 3 rings (SSSR count). The minimum absolute atomic E-state index is 0.0143. The molecule has 0 radical (unpaired) electrons. The first-order chi connectivity index (χ1) is 10.7. The van der Waals surface area contributed by atoms with Crippen molar-refractivity contribution in [2.75, 3.05) is 17.2 Å². The SMILES string of the molecule is CCS(=O)(=O)Oc1nc(N2CCCC2(C)C)cc2c1CNC2=O. The second-order valence-corrected chi connectivity index (χ2v) is 8.35. The van der Waals surface area contributed by atoms with Crippen molar-refractivity contribution >= 4 is 21.8 Å². The largest absolute Gasteiger partial charge is 0.361 e. The first kappa shape index (κ1) is 16.0. The topological polar surface area (TPSA) is 88.6 Å². The van der Waals surface area contributed by atoms with Gasteiger partial charge in [-0.15, -0.1) is 0 Å². The average molecular weight is 339 g/mol. The van der Waals surface area contributed by atoms with Gasteiger partial charge in [-0.2, -0.15) is 13.4 Å². The molecule has 7 nitrogen and oxygen atoms in total. The molecule has 1 amide bonds. The number of carbonyl (C=O) groups excluding carboxylic acids is 1. The Kier molecular flexibility index (Phi) is 3.74. The number of nitrogens with zero attached hydrogens (tertiary/aromatic N) is 2. The van der Waals surface area contributed by atoms with Gasteiger partial charge >= 0.3 is 10.1 Å². The highest BCUT2D eigenvalue weighted by molar-refractivity contribution is 7.87. The fourth-order valence-electron chi connectivity index (χ4n) is 3.09. The van der Waals surface area contributed by atoms with E-state index < -0.39 is 10.1 Å². The predicted octanol–water partition coefficient (Wildman–Crippen LogP) is 1.43. The molecule has 1 aromatic rings. The molecule has 1 N–H and O–H groups in total. The van der Waals surface area contributed by atoms with E-state index in [0.29, 0.717) is 16.9 Å². The van der Waals surface area contributed by atoms with Gasteiger partial charge in [-0.1, -0.05) is 0 Å². The molecule has 0 atom stereocenters. The summed E-state index contributed by atoms with van der Waals surface area (Å²) in [6.07, 6.45) is 2.04. The minimum atomic E-state index is -3.70. The Bertz CT molecular complexity index is 758. The number of carbonyl (C=O) groups is 1. The summed E-state index contributed by atoms with van der Waals surface area (Å²) >= 11 is 0. The molecule has 0 aliphatic carbocycles. The molecule has 126 valence electrons. The lowest BCUT2D eigenvalue weighted by atomic mass is 10.0. The van der Waals surface area contributed by atoms with Gasteiger partial charge in [-0.3, -0.25) is 4.79 Å². The summed E-state index contributed by atoms with van der Waals surface area (Å²) < 4.78 is 28.8. The molecule has 0 spiro atoms. The van der Waals surface area contributed by atoms with Crippen LogP contribution in [0.5, 0.6) is 5.88 Å². The molecule has 1 saturated heterocycles. The Balaban J connectivity index is 2.09. The molecule has 2 aliphatic rings. The first-order valence-corrected chi connectivity index (χ1v) is 9.33. The number of hydrogen-bond donors (Lipinski definition) is 1. The standard InChI is InChI=1S/C15H21N3O4S/c1-4-23(20,21)22-14-11-9-16-13(19)10(11)8-12(17-14)18-7-5-6-15(18,2)3/h8H,4-7,9H2,1-3H3,(H,16,19). The van der Waals surface area contributed by atoms with Crippen molar-refractivity contribution in [1.82, 2.24) is 10.3 Å². The van der Waals surface area contributed by atoms with Gasteiger partial charge in [-0.25, -0.2) is 0 Å². The van der Waals surface area contributed by atoms with Crippen molar-refractivity contribution in [3.8, 4) is 5.88 Å². The minimum Gasteiger partial charge on any atom is -0.361 e. The Hall–Kier alpha value is -1.83. The van der Waals surface area contributed by atoms with Crippen molar-refractivity contribution in [1.29, 1.82) is 0 Å². The van der Waals surface area contributed by atoms with Crippen LogP contribution in [0.2, 0.25) is 0 Å². The number of rotatable bonds is 4. The Morgan fingerprint density at radius 3 is 2.78 bits per heavy atom. The lowest BCUT2D eigenvalue weighted by Gasteiger charge is -2.33. The van der Waals surface area contributed by atoms with Crippen LogP contribution in [-0.2, 0) is 16.7 Å². The molecule has 0 bridgehead atoms. The van der Waals surface area contributed by atoms with Crippen LogP contribution in [0, 0.1) is 0 Å². The van der Waals surface area contributed by atoms with Crippen molar-refractivity contribution in [3.05, 3.63) is 17.2 Å². The quantitative estimate of drug-likeness (QED) is 0.835. The van der Waals surface area contributed by atoms with Gasteiger partial charge in [-0.05, 0) is 39.7 Å². The molecule has 8 heteroatoms. The summed E-state index contributed by atoms with van der Waals surface area (Å²) in [5, 5.41) is 2.70. The molecular weight excluding hydrogens is 318 g/mol. The zero-order valence-corrected chi connectivity index (χ0v) is 14.4. The van der Waals surface area contributed by atoms with Crippen LogP contribution < -0.4 is 14.4 Å². The Morgan fingerprint density at radius 1 is 1.43 bits per heavy atom. The highest BCUT2D eigenvalue weighted by Gasteiger charge is 2.35. The third-order valence-corrected chi connectivity index (χ3v) is 5.60. The predicted molar refractivity (Wildman–Crippen MR) is 86.2 cm³/mol. The third-order valence-electron chi connectivity index (χ3n) is 4.48. The number of nitrogens with one attached hydrogen (secondary N) is 1. The Labute approximate surface area is 136 Å². The molecule has 0 unspecified atom stereocenters. The lowest BCUT2D eigenvalue weighted by molar-refractivity contribution is 0.0965. The van der Waals surface area contributed by atoms with Gasteiger partial charge in [0.15, 0.2) is 0 Å². The summed E-state index contributed by atoms with van der Waals surface area (Å²) in [6, 6.07) is 1.73. The van der Waals surface area contributed by atoms with Crippen LogP contribution in [0.25, 0.3) is 0 Å². The monoisotopic (exact) mass is 339 g/mol. The number of pyridine rings is 1. The average Bonchev–Trinajstić information content (AvgIpc) is 3.01. The second kappa shape index (κ2) is 5.36. The summed E-state index contributed by atoms with van der Waals surface area (Å²) in [7, 11) is -3.70. The lowest BCUT2D eigenvalue weighted by Crippen LogP contribution is -2.38. The number of amides is 1. The molecular formula is C15H21N3O4S. The van der Waals surface area contributed by atoms with E-state index >= 15 is 0 Å². The maximum atomic E-state index is 12.0. The summed E-state index contributed by atoms with van der Waals surface area (Å²) in [4.78, 5) is 18.5. The molecule has 2 aliphatic heterocycles. The van der Waals surface area contributed by atoms with E-state index in [-0.39, 0.29) is 29.6 Å².